The predicted molar refractivity (Wildman–Crippen MR) is 89.1 cm³/mol. The molecule has 0 unspecified atom stereocenters. The number of aromatic nitrogens is 2. The molecule has 1 aromatic heterocycles. The van der Waals surface area contributed by atoms with Crippen LogP contribution in [0.3, 0.4) is 0 Å². The number of aromatic amines is 1. The maximum Gasteiger partial charge on any atom is 0.321 e. The summed E-state index contributed by atoms with van der Waals surface area (Å²) in [7, 11) is 1.55. The average Bonchev–Trinajstić information content (AvgIpc) is 2.92. The number of nitrogens with zero attached hydrogens (tertiary/aromatic N) is 2. The molecular weight excluding hydrogens is 338 g/mol. The summed E-state index contributed by atoms with van der Waals surface area (Å²) < 4.78 is 26.6. The Morgan fingerprint density at radius 3 is 2.58 bits per heavy atom. The third kappa shape index (κ3) is 4.23. The zero-order valence-corrected chi connectivity index (χ0v) is 14.6. The van der Waals surface area contributed by atoms with E-state index in [4.69, 9.17) is 11.6 Å². The number of urea groups is 1. The second-order valence-corrected chi connectivity index (χ2v) is 6.94. The molecule has 8 heteroatoms. The smallest absolute Gasteiger partial charge is 0.321 e. The Hall–Kier alpha value is -2.15. The quantitative estimate of drug-likeness (QED) is 0.805. The van der Waals surface area contributed by atoms with Crippen LogP contribution in [0.1, 0.15) is 32.2 Å². The number of carbonyl (C=O) groups excluding carboxylic acids is 1. The van der Waals surface area contributed by atoms with Crippen molar-refractivity contribution in [3.8, 4) is 0 Å². The maximum absolute atomic E-state index is 13.4. The highest BCUT2D eigenvalue weighted by Gasteiger charge is 2.19. The van der Waals surface area contributed by atoms with Gasteiger partial charge in [-0.25, -0.2) is 13.6 Å². The van der Waals surface area contributed by atoms with E-state index < -0.39 is 17.7 Å². The van der Waals surface area contributed by atoms with E-state index in [1.807, 2.05) is 26.8 Å². The standard InChI is InChI=1S/C16H19ClF2N4O/c1-16(2,3)13-7-10(21-22-13)8-23(4)15(24)20-12-6-9(18)5-11(19)14(12)17/h5-7H,8H2,1-4H3,(H,20,24)(H,21,22). The van der Waals surface area contributed by atoms with Gasteiger partial charge in [0.2, 0.25) is 0 Å². The van der Waals surface area contributed by atoms with Crippen molar-refractivity contribution >= 4 is 23.3 Å². The summed E-state index contributed by atoms with van der Waals surface area (Å²) >= 11 is 5.74. The Balaban J connectivity index is 2.06. The van der Waals surface area contributed by atoms with E-state index in [1.165, 1.54) is 4.90 Å². The van der Waals surface area contributed by atoms with Gasteiger partial charge in [-0.2, -0.15) is 5.10 Å². The van der Waals surface area contributed by atoms with E-state index >= 15 is 0 Å². The molecule has 2 rings (SSSR count). The van der Waals surface area contributed by atoms with Gasteiger partial charge in [0.25, 0.3) is 0 Å². The normalized spacial score (nSPS) is 11.5. The number of benzene rings is 1. The van der Waals surface area contributed by atoms with E-state index in [1.54, 1.807) is 7.05 Å². The molecule has 24 heavy (non-hydrogen) atoms. The van der Waals surface area contributed by atoms with Gasteiger partial charge >= 0.3 is 6.03 Å². The summed E-state index contributed by atoms with van der Waals surface area (Å²) in [6.45, 7) is 6.35. The van der Waals surface area contributed by atoms with Gasteiger partial charge in [-0.3, -0.25) is 5.10 Å². The number of hydrogen-bond donors (Lipinski definition) is 2. The summed E-state index contributed by atoms with van der Waals surface area (Å²) in [6.07, 6.45) is 0. The number of hydrogen-bond acceptors (Lipinski definition) is 2. The average molecular weight is 357 g/mol. The van der Waals surface area contributed by atoms with Gasteiger partial charge in [0.05, 0.1) is 23.6 Å². The van der Waals surface area contributed by atoms with Crippen LogP contribution >= 0.6 is 11.6 Å². The van der Waals surface area contributed by atoms with E-state index in [-0.39, 0.29) is 22.7 Å². The Bertz CT molecular complexity index is 755. The third-order valence-electron chi connectivity index (χ3n) is 3.39. The van der Waals surface area contributed by atoms with Crippen LogP contribution in [-0.4, -0.2) is 28.2 Å². The molecule has 0 radical (unpaired) electrons. The molecule has 0 aliphatic heterocycles. The van der Waals surface area contributed by atoms with Crippen LogP contribution < -0.4 is 5.32 Å². The summed E-state index contributed by atoms with van der Waals surface area (Å²) in [4.78, 5) is 13.5. The predicted octanol–water partition coefficient (Wildman–Crippen LogP) is 4.30. The minimum absolute atomic E-state index is 0.109. The Kier molecular flexibility index (Phi) is 5.13. The molecule has 0 atom stereocenters. The van der Waals surface area contributed by atoms with E-state index in [2.05, 4.69) is 15.5 Å². The summed E-state index contributed by atoms with van der Waals surface area (Å²) in [5.74, 6) is -1.75. The number of H-pyrrole nitrogens is 1. The van der Waals surface area contributed by atoms with Crippen molar-refractivity contribution in [1.29, 1.82) is 0 Å². The lowest BCUT2D eigenvalue weighted by Gasteiger charge is -2.18. The molecule has 1 aromatic carbocycles. The Morgan fingerprint density at radius 1 is 1.33 bits per heavy atom. The van der Waals surface area contributed by atoms with Gasteiger partial charge in [0.15, 0.2) is 0 Å². The van der Waals surface area contributed by atoms with Crippen molar-refractivity contribution < 1.29 is 13.6 Å². The van der Waals surface area contributed by atoms with Crippen molar-refractivity contribution in [3.05, 3.63) is 46.2 Å². The van der Waals surface area contributed by atoms with Crippen LogP contribution in [0.5, 0.6) is 0 Å². The monoisotopic (exact) mass is 356 g/mol. The van der Waals surface area contributed by atoms with E-state index in [0.717, 1.165) is 17.5 Å². The highest BCUT2D eigenvalue weighted by Crippen LogP contribution is 2.26. The van der Waals surface area contributed by atoms with Crippen LogP contribution in [0.2, 0.25) is 5.02 Å². The molecule has 0 aliphatic rings. The number of anilines is 1. The molecule has 0 bridgehead atoms. The first-order valence-electron chi connectivity index (χ1n) is 7.29. The maximum atomic E-state index is 13.4. The lowest BCUT2D eigenvalue weighted by atomic mass is 9.92. The summed E-state index contributed by atoms with van der Waals surface area (Å²) in [5, 5.41) is 9.14. The van der Waals surface area contributed by atoms with Gasteiger partial charge in [-0.1, -0.05) is 32.4 Å². The van der Waals surface area contributed by atoms with Crippen LogP contribution in [0, 0.1) is 11.6 Å². The zero-order valence-electron chi connectivity index (χ0n) is 13.9. The SMILES string of the molecule is CN(Cc1cc(C(C)(C)C)n[nH]1)C(=O)Nc1cc(F)cc(F)c1Cl. The van der Waals surface area contributed by atoms with Gasteiger partial charge in [-0.05, 0) is 12.1 Å². The van der Waals surface area contributed by atoms with Gasteiger partial charge in [0.1, 0.15) is 16.7 Å². The first-order chi connectivity index (χ1) is 11.1. The number of rotatable bonds is 3. The molecule has 0 saturated heterocycles. The first kappa shape index (κ1) is 18.2. The molecule has 2 amide bonds. The minimum Gasteiger partial charge on any atom is -0.322 e. The fraction of sp³-hybridized carbons (Fsp3) is 0.375. The van der Waals surface area contributed by atoms with Crippen molar-refractivity contribution in [1.82, 2.24) is 15.1 Å². The second kappa shape index (κ2) is 6.76. The fourth-order valence-electron chi connectivity index (χ4n) is 2.01. The van der Waals surface area contributed by atoms with Gasteiger partial charge in [-0.15, -0.1) is 0 Å². The second-order valence-electron chi connectivity index (χ2n) is 6.56. The van der Waals surface area contributed by atoms with E-state index in [9.17, 15) is 13.6 Å². The highest BCUT2D eigenvalue weighted by atomic mass is 35.5. The largest absolute Gasteiger partial charge is 0.322 e. The molecular formula is C16H19ClF2N4O. The molecule has 0 aliphatic carbocycles. The van der Waals surface area contributed by atoms with Gasteiger partial charge < -0.3 is 10.2 Å². The van der Waals surface area contributed by atoms with Crippen molar-refractivity contribution in [2.45, 2.75) is 32.7 Å². The Labute approximate surface area is 144 Å². The lowest BCUT2D eigenvalue weighted by Crippen LogP contribution is -2.31. The highest BCUT2D eigenvalue weighted by molar-refractivity contribution is 6.33. The summed E-state index contributed by atoms with van der Waals surface area (Å²) in [5.41, 5.74) is 1.39. The number of carbonyl (C=O) groups is 1. The number of amides is 2. The molecule has 130 valence electrons. The van der Waals surface area contributed by atoms with Crippen molar-refractivity contribution in [3.63, 3.8) is 0 Å². The molecule has 0 spiro atoms. The third-order valence-corrected chi connectivity index (χ3v) is 3.77. The minimum atomic E-state index is -0.932. The zero-order chi connectivity index (χ0) is 18.1. The topological polar surface area (TPSA) is 61.0 Å². The number of halogens is 3. The first-order valence-corrected chi connectivity index (χ1v) is 7.67. The van der Waals surface area contributed by atoms with Gasteiger partial charge in [0, 0.05) is 18.5 Å². The molecule has 2 N–H and O–H groups in total. The molecule has 5 nitrogen and oxygen atoms in total. The lowest BCUT2D eigenvalue weighted by molar-refractivity contribution is 0.220. The molecule has 0 fully saturated rings. The van der Waals surface area contributed by atoms with Crippen LogP contribution in [0.15, 0.2) is 18.2 Å². The number of nitrogens with one attached hydrogen (secondary N) is 2. The molecule has 0 saturated carbocycles. The summed E-state index contributed by atoms with van der Waals surface area (Å²) in [6, 6.07) is 2.94. The van der Waals surface area contributed by atoms with Crippen molar-refractivity contribution in [2.24, 2.45) is 0 Å². The van der Waals surface area contributed by atoms with Crippen molar-refractivity contribution in [2.75, 3.05) is 12.4 Å². The fourth-order valence-corrected chi connectivity index (χ4v) is 2.17. The van der Waals surface area contributed by atoms with Crippen LogP contribution in [0.4, 0.5) is 19.3 Å². The molecule has 1 heterocycles. The van der Waals surface area contributed by atoms with Crippen LogP contribution in [0.25, 0.3) is 0 Å². The van der Waals surface area contributed by atoms with E-state index in [0.29, 0.717) is 6.07 Å². The Morgan fingerprint density at radius 2 is 2.00 bits per heavy atom. The van der Waals surface area contributed by atoms with Crippen LogP contribution in [-0.2, 0) is 12.0 Å². The molecule has 2 aromatic rings.